The van der Waals surface area contributed by atoms with Gasteiger partial charge in [0.1, 0.15) is 0 Å². The molecule has 0 aliphatic carbocycles. The van der Waals surface area contributed by atoms with Crippen molar-refractivity contribution < 1.29 is 18.9 Å². The summed E-state index contributed by atoms with van der Waals surface area (Å²) >= 11 is 0. The predicted molar refractivity (Wildman–Crippen MR) is 120 cm³/mol. The quantitative estimate of drug-likeness (QED) is 0.233. The SMILES string of the molecule is CN=C(NCCCOCC1CCOCC1)NCCc1ccc2c(c1)OCO2.I. The molecule has 3 rings (SSSR count). The minimum absolute atomic E-state index is 0. The molecule has 7 nitrogen and oxygen atoms in total. The Morgan fingerprint density at radius 2 is 1.93 bits per heavy atom. The van der Waals surface area contributed by atoms with Gasteiger partial charge in [-0.3, -0.25) is 4.99 Å². The smallest absolute Gasteiger partial charge is 0.231 e. The van der Waals surface area contributed by atoms with E-state index >= 15 is 0 Å². The van der Waals surface area contributed by atoms with Crippen molar-refractivity contribution in [3.8, 4) is 11.5 Å². The van der Waals surface area contributed by atoms with Gasteiger partial charge in [-0.15, -0.1) is 24.0 Å². The van der Waals surface area contributed by atoms with Gasteiger partial charge in [-0.25, -0.2) is 0 Å². The highest BCUT2D eigenvalue weighted by Gasteiger charge is 2.14. The molecule has 0 saturated carbocycles. The van der Waals surface area contributed by atoms with E-state index in [1.165, 1.54) is 5.56 Å². The van der Waals surface area contributed by atoms with Gasteiger partial charge in [-0.1, -0.05) is 6.07 Å². The molecule has 158 valence electrons. The third-order valence-electron chi connectivity index (χ3n) is 4.82. The molecule has 0 unspecified atom stereocenters. The highest BCUT2D eigenvalue weighted by Crippen LogP contribution is 2.32. The molecule has 2 N–H and O–H groups in total. The molecule has 8 heteroatoms. The van der Waals surface area contributed by atoms with Crippen LogP contribution in [0.3, 0.4) is 0 Å². The van der Waals surface area contributed by atoms with Crippen molar-refractivity contribution in [2.75, 3.05) is 53.4 Å². The topological polar surface area (TPSA) is 73.3 Å². The van der Waals surface area contributed by atoms with Gasteiger partial charge in [0.2, 0.25) is 6.79 Å². The van der Waals surface area contributed by atoms with Crippen molar-refractivity contribution in [3.63, 3.8) is 0 Å². The zero-order valence-corrected chi connectivity index (χ0v) is 18.9. The number of benzene rings is 1. The molecule has 2 heterocycles. The van der Waals surface area contributed by atoms with Crippen LogP contribution in [0.4, 0.5) is 0 Å². The zero-order chi connectivity index (χ0) is 18.7. The third kappa shape index (κ3) is 7.63. The number of halogens is 1. The van der Waals surface area contributed by atoms with E-state index in [4.69, 9.17) is 18.9 Å². The molecule has 0 amide bonds. The molecule has 1 aromatic rings. The van der Waals surface area contributed by atoms with E-state index in [1.807, 2.05) is 12.1 Å². The maximum Gasteiger partial charge on any atom is 0.231 e. The van der Waals surface area contributed by atoms with Gasteiger partial charge in [0.15, 0.2) is 17.5 Å². The first kappa shape index (κ1) is 23.0. The number of fused-ring (bicyclic) bond motifs is 1. The summed E-state index contributed by atoms with van der Waals surface area (Å²) in [6.07, 6.45) is 4.11. The van der Waals surface area contributed by atoms with Crippen LogP contribution in [0.2, 0.25) is 0 Å². The van der Waals surface area contributed by atoms with Crippen LogP contribution in [0.5, 0.6) is 11.5 Å². The second-order valence-corrected chi connectivity index (χ2v) is 6.85. The van der Waals surface area contributed by atoms with Crippen LogP contribution in [-0.4, -0.2) is 59.3 Å². The zero-order valence-electron chi connectivity index (χ0n) is 16.6. The lowest BCUT2D eigenvalue weighted by atomic mass is 10.0. The number of aliphatic imine (C=N–C) groups is 1. The van der Waals surface area contributed by atoms with Crippen molar-refractivity contribution in [1.29, 1.82) is 0 Å². The number of rotatable bonds is 9. The second-order valence-electron chi connectivity index (χ2n) is 6.85. The Kier molecular flexibility index (Phi) is 10.7. The lowest BCUT2D eigenvalue weighted by Gasteiger charge is -2.21. The van der Waals surface area contributed by atoms with Crippen molar-refractivity contribution in [2.45, 2.75) is 25.7 Å². The van der Waals surface area contributed by atoms with E-state index in [0.717, 1.165) is 82.7 Å². The van der Waals surface area contributed by atoms with Crippen LogP contribution in [0, 0.1) is 5.92 Å². The van der Waals surface area contributed by atoms with Crippen molar-refractivity contribution in [2.24, 2.45) is 10.9 Å². The van der Waals surface area contributed by atoms with E-state index in [1.54, 1.807) is 7.05 Å². The Morgan fingerprint density at radius 3 is 2.75 bits per heavy atom. The standard InChI is InChI=1S/C20H31N3O4.HI/c1-21-20(22-8-2-10-25-14-17-6-11-24-12-7-17)23-9-5-16-3-4-18-19(13-16)27-15-26-18;/h3-4,13,17H,2,5-12,14-15H2,1H3,(H2,21,22,23);1H. The van der Waals surface area contributed by atoms with Crippen molar-refractivity contribution >= 4 is 29.9 Å². The maximum atomic E-state index is 5.79. The molecule has 28 heavy (non-hydrogen) atoms. The fraction of sp³-hybridized carbons (Fsp3) is 0.650. The number of nitrogens with one attached hydrogen (secondary N) is 2. The number of guanidine groups is 1. The van der Waals surface area contributed by atoms with Gasteiger partial charge in [0.05, 0.1) is 0 Å². The molecular weight excluding hydrogens is 473 g/mol. The number of hydrogen-bond donors (Lipinski definition) is 2. The van der Waals surface area contributed by atoms with Gasteiger partial charge >= 0.3 is 0 Å². The first-order valence-electron chi connectivity index (χ1n) is 9.83. The lowest BCUT2D eigenvalue weighted by molar-refractivity contribution is 0.0203. The van der Waals surface area contributed by atoms with Gasteiger partial charge in [0.25, 0.3) is 0 Å². The van der Waals surface area contributed by atoms with E-state index in [2.05, 4.69) is 21.7 Å². The third-order valence-corrected chi connectivity index (χ3v) is 4.82. The number of ether oxygens (including phenoxy) is 4. The first-order chi connectivity index (χ1) is 13.3. The summed E-state index contributed by atoms with van der Waals surface area (Å²) in [5, 5.41) is 6.67. The summed E-state index contributed by atoms with van der Waals surface area (Å²) in [7, 11) is 1.79. The van der Waals surface area contributed by atoms with Gasteiger partial charge < -0.3 is 29.6 Å². The summed E-state index contributed by atoms with van der Waals surface area (Å²) in [5.41, 5.74) is 1.21. The second kappa shape index (κ2) is 13.1. The summed E-state index contributed by atoms with van der Waals surface area (Å²) < 4.78 is 21.9. The van der Waals surface area contributed by atoms with Crippen LogP contribution < -0.4 is 20.1 Å². The molecule has 2 aliphatic heterocycles. The van der Waals surface area contributed by atoms with Crippen LogP contribution >= 0.6 is 24.0 Å². The van der Waals surface area contributed by atoms with E-state index in [0.29, 0.717) is 12.7 Å². The highest BCUT2D eigenvalue weighted by atomic mass is 127. The van der Waals surface area contributed by atoms with Gasteiger partial charge in [0, 0.05) is 46.6 Å². The molecular formula is C20H32IN3O4. The average molecular weight is 505 g/mol. The minimum Gasteiger partial charge on any atom is -0.454 e. The minimum atomic E-state index is 0. The Labute approximate surface area is 184 Å². The van der Waals surface area contributed by atoms with Crippen LogP contribution in [0.1, 0.15) is 24.8 Å². The van der Waals surface area contributed by atoms with Crippen LogP contribution in [0.25, 0.3) is 0 Å². The van der Waals surface area contributed by atoms with Crippen LogP contribution in [-0.2, 0) is 15.9 Å². The monoisotopic (exact) mass is 505 g/mol. The molecule has 2 aliphatic rings. The highest BCUT2D eigenvalue weighted by molar-refractivity contribution is 14.0. The van der Waals surface area contributed by atoms with Gasteiger partial charge in [-0.05, 0) is 49.3 Å². The normalized spacial score (nSPS) is 16.5. The number of hydrogen-bond acceptors (Lipinski definition) is 5. The Bertz CT molecular complexity index is 609. The molecule has 0 bridgehead atoms. The predicted octanol–water partition coefficient (Wildman–Crippen LogP) is 2.57. The largest absolute Gasteiger partial charge is 0.454 e. The van der Waals surface area contributed by atoms with Crippen molar-refractivity contribution in [1.82, 2.24) is 10.6 Å². The summed E-state index contributed by atoms with van der Waals surface area (Å²) in [4.78, 5) is 4.26. The van der Waals surface area contributed by atoms with E-state index in [9.17, 15) is 0 Å². The van der Waals surface area contributed by atoms with Gasteiger partial charge in [-0.2, -0.15) is 0 Å². The molecule has 1 fully saturated rings. The first-order valence-corrected chi connectivity index (χ1v) is 9.83. The van der Waals surface area contributed by atoms with Crippen molar-refractivity contribution in [3.05, 3.63) is 23.8 Å². The number of nitrogens with zero attached hydrogens (tertiary/aromatic N) is 1. The molecule has 1 saturated heterocycles. The Balaban J connectivity index is 0.00000280. The maximum absolute atomic E-state index is 5.79. The molecule has 0 aromatic heterocycles. The Hall–Kier alpha value is -1.26. The van der Waals surface area contributed by atoms with Crippen LogP contribution in [0.15, 0.2) is 23.2 Å². The average Bonchev–Trinajstić information content (AvgIpc) is 3.18. The van der Waals surface area contributed by atoms with E-state index < -0.39 is 0 Å². The molecule has 0 radical (unpaired) electrons. The fourth-order valence-corrected chi connectivity index (χ4v) is 3.19. The summed E-state index contributed by atoms with van der Waals surface area (Å²) in [6, 6.07) is 6.07. The lowest BCUT2D eigenvalue weighted by Crippen LogP contribution is -2.39. The Morgan fingerprint density at radius 1 is 1.14 bits per heavy atom. The summed E-state index contributed by atoms with van der Waals surface area (Å²) in [5.74, 6) is 3.14. The molecule has 1 aromatic carbocycles. The molecule has 0 atom stereocenters. The fourth-order valence-electron chi connectivity index (χ4n) is 3.19. The van der Waals surface area contributed by atoms with E-state index in [-0.39, 0.29) is 24.0 Å². The molecule has 0 spiro atoms. The summed E-state index contributed by atoms with van der Waals surface area (Å²) in [6.45, 7) is 5.35.